The first-order valence-corrected chi connectivity index (χ1v) is 6.00. The molecule has 1 aliphatic rings. The third-order valence-corrected chi connectivity index (χ3v) is 3.77. The maximum absolute atomic E-state index is 11.6. The first kappa shape index (κ1) is 11.9. The standard InChI is InChI=1S/C11H21NOS/c1-4-9-5-10(13)12(6-9)7-11(2,3)8-14/h9,14H,4-8H2,1-3H3. The monoisotopic (exact) mass is 215 g/mol. The molecule has 1 fully saturated rings. The molecular weight excluding hydrogens is 194 g/mol. The highest BCUT2D eigenvalue weighted by Crippen LogP contribution is 2.26. The molecule has 1 saturated heterocycles. The fraction of sp³-hybridized carbons (Fsp3) is 0.909. The quantitative estimate of drug-likeness (QED) is 0.713. The van der Waals surface area contributed by atoms with E-state index in [1.807, 2.05) is 4.90 Å². The number of likely N-dealkylation sites (tertiary alicyclic amines) is 1. The van der Waals surface area contributed by atoms with Crippen LogP contribution in [-0.2, 0) is 4.79 Å². The van der Waals surface area contributed by atoms with Crippen LogP contribution in [0.25, 0.3) is 0 Å². The van der Waals surface area contributed by atoms with Crippen LogP contribution in [0.5, 0.6) is 0 Å². The van der Waals surface area contributed by atoms with Crippen LogP contribution in [0.4, 0.5) is 0 Å². The molecule has 0 bridgehead atoms. The highest BCUT2D eigenvalue weighted by Gasteiger charge is 2.31. The molecule has 1 unspecified atom stereocenters. The van der Waals surface area contributed by atoms with E-state index in [2.05, 4.69) is 33.4 Å². The second-order valence-corrected chi connectivity index (χ2v) is 5.39. The van der Waals surface area contributed by atoms with E-state index in [1.54, 1.807) is 0 Å². The summed E-state index contributed by atoms with van der Waals surface area (Å²) in [5.41, 5.74) is 0.140. The average Bonchev–Trinajstić information content (AvgIpc) is 2.47. The van der Waals surface area contributed by atoms with E-state index in [0.29, 0.717) is 11.8 Å². The molecule has 1 amide bonds. The SMILES string of the molecule is CCC1CC(=O)N(CC(C)(C)CS)C1. The van der Waals surface area contributed by atoms with Crippen molar-refractivity contribution >= 4 is 18.5 Å². The van der Waals surface area contributed by atoms with E-state index in [0.717, 1.165) is 31.7 Å². The van der Waals surface area contributed by atoms with Gasteiger partial charge in [-0.15, -0.1) is 0 Å². The predicted octanol–water partition coefficient (Wildman–Crippen LogP) is 2.20. The van der Waals surface area contributed by atoms with Gasteiger partial charge < -0.3 is 4.90 Å². The number of hydrogen-bond donors (Lipinski definition) is 1. The lowest BCUT2D eigenvalue weighted by atomic mass is 9.96. The fourth-order valence-corrected chi connectivity index (χ4v) is 1.95. The molecule has 0 saturated carbocycles. The summed E-state index contributed by atoms with van der Waals surface area (Å²) in [6, 6.07) is 0. The Kier molecular flexibility index (Phi) is 3.87. The molecule has 0 radical (unpaired) electrons. The van der Waals surface area contributed by atoms with E-state index in [-0.39, 0.29) is 5.41 Å². The van der Waals surface area contributed by atoms with Crippen LogP contribution in [0.2, 0.25) is 0 Å². The van der Waals surface area contributed by atoms with Crippen molar-refractivity contribution in [3.8, 4) is 0 Å². The van der Waals surface area contributed by atoms with Gasteiger partial charge in [0.1, 0.15) is 0 Å². The minimum absolute atomic E-state index is 0.140. The van der Waals surface area contributed by atoms with Crippen molar-refractivity contribution in [1.29, 1.82) is 0 Å². The Hall–Kier alpha value is -0.180. The summed E-state index contributed by atoms with van der Waals surface area (Å²) in [7, 11) is 0. The first-order chi connectivity index (χ1) is 6.48. The molecule has 1 heterocycles. The molecule has 2 nitrogen and oxygen atoms in total. The summed E-state index contributed by atoms with van der Waals surface area (Å²) in [6.07, 6.45) is 1.86. The Morgan fingerprint density at radius 1 is 1.57 bits per heavy atom. The van der Waals surface area contributed by atoms with Gasteiger partial charge in [-0.25, -0.2) is 0 Å². The maximum atomic E-state index is 11.6. The van der Waals surface area contributed by atoms with Gasteiger partial charge in [0.05, 0.1) is 0 Å². The van der Waals surface area contributed by atoms with Gasteiger partial charge in [0.2, 0.25) is 5.91 Å². The van der Waals surface area contributed by atoms with Crippen LogP contribution < -0.4 is 0 Å². The van der Waals surface area contributed by atoms with E-state index < -0.39 is 0 Å². The minimum atomic E-state index is 0.140. The normalized spacial score (nSPS) is 23.3. The summed E-state index contributed by atoms with van der Waals surface area (Å²) in [6.45, 7) is 8.28. The average molecular weight is 215 g/mol. The lowest BCUT2D eigenvalue weighted by molar-refractivity contribution is -0.128. The Morgan fingerprint density at radius 2 is 2.21 bits per heavy atom. The fourth-order valence-electron chi connectivity index (χ4n) is 1.85. The van der Waals surface area contributed by atoms with E-state index >= 15 is 0 Å². The van der Waals surface area contributed by atoms with Crippen molar-refractivity contribution in [2.45, 2.75) is 33.6 Å². The van der Waals surface area contributed by atoms with E-state index in [9.17, 15) is 4.79 Å². The molecule has 1 aliphatic heterocycles. The van der Waals surface area contributed by atoms with Gasteiger partial charge in [-0.1, -0.05) is 27.2 Å². The van der Waals surface area contributed by atoms with Crippen LogP contribution in [0.3, 0.4) is 0 Å². The third kappa shape index (κ3) is 2.91. The van der Waals surface area contributed by atoms with Gasteiger partial charge in [-0.05, 0) is 17.1 Å². The van der Waals surface area contributed by atoms with Gasteiger partial charge >= 0.3 is 0 Å². The van der Waals surface area contributed by atoms with Crippen LogP contribution in [-0.4, -0.2) is 29.6 Å². The molecule has 3 heteroatoms. The van der Waals surface area contributed by atoms with Crippen LogP contribution in [0, 0.1) is 11.3 Å². The van der Waals surface area contributed by atoms with Gasteiger partial charge in [0.15, 0.2) is 0 Å². The molecule has 14 heavy (non-hydrogen) atoms. The van der Waals surface area contributed by atoms with Gasteiger partial charge in [-0.2, -0.15) is 12.6 Å². The van der Waals surface area contributed by atoms with E-state index in [4.69, 9.17) is 0 Å². The van der Waals surface area contributed by atoms with Crippen molar-refractivity contribution in [1.82, 2.24) is 4.90 Å². The van der Waals surface area contributed by atoms with Crippen molar-refractivity contribution < 1.29 is 4.79 Å². The molecular formula is C11H21NOS. The molecule has 0 aromatic heterocycles. The lowest BCUT2D eigenvalue weighted by Gasteiger charge is -2.28. The molecule has 0 N–H and O–H groups in total. The zero-order valence-electron chi connectivity index (χ0n) is 9.42. The van der Waals surface area contributed by atoms with Crippen LogP contribution in [0.15, 0.2) is 0 Å². The summed E-state index contributed by atoms with van der Waals surface area (Å²) >= 11 is 4.31. The molecule has 82 valence electrons. The molecule has 1 atom stereocenters. The summed E-state index contributed by atoms with van der Waals surface area (Å²) in [4.78, 5) is 13.6. The summed E-state index contributed by atoms with van der Waals surface area (Å²) < 4.78 is 0. The van der Waals surface area contributed by atoms with Crippen molar-refractivity contribution in [3.05, 3.63) is 0 Å². The largest absolute Gasteiger partial charge is 0.342 e. The Labute approximate surface area is 92.5 Å². The highest BCUT2D eigenvalue weighted by molar-refractivity contribution is 7.80. The van der Waals surface area contributed by atoms with Crippen LogP contribution in [0.1, 0.15) is 33.6 Å². The second kappa shape index (κ2) is 4.56. The third-order valence-electron chi connectivity index (χ3n) is 2.92. The predicted molar refractivity (Wildman–Crippen MR) is 62.6 cm³/mol. The van der Waals surface area contributed by atoms with Gasteiger partial charge in [0, 0.05) is 19.5 Å². The zero-order chi connectivity index (χ0) is 10.8. The number of amides is 1. The molecule has 0 aromatic carbocycles. The molecule has 0 spiro atoms. The number of rotatable bonds is 4. The van der Waals surface area contributed by atoms with Crippen molar-refractivity contribution in [2.75, 3.05) is 18.8 Å². The van der Waals surface area contributed by atoms with Crippen molar-refractivity contribution in [3.63, 3.8) is 0 Å². The topological polar surface area (TPSA) is 20.3 Å². The molecule has 0 aliphatic carbocycles. The number of carbonyl (C=O) groups excluding carboxylic acids is 1. The zero-order valence-corrected chi connectivity index (χ0v) is 10.3. The highest BCUT2D eigenvalue weighted by atomic mass is 32.1. The number of hydrogen-bond acceptors (Lipinski definition) is 2. The number of thiol groups is 1. The Balaban J connectivity index is 2.50. The molecule has 0 aromatic rings. The lowest BCUT2D eigenvalue weighted by Crippen LogP contribution is -2.36. The van der Waals surface area contributed by atoms with Crippen molar-refractivity contribution in [2.24, 2.45) is 11.3 Å². The van der Waals surface area contributed by atoms with Gasteiger partial charge in [0.25, 0.3) is 0 Å². The summed E-state index contributed by atoms with van der Waals surface area (Å²) in [5.74, 6) is 1.73. The number of carbonyl (C=O) groups is 1. The van der Waals surface area contributed by atoms with Gasteiger partial charge in [-0.3, -0.25) is 4.79 Å². The van der Waals surface area contributed by atoms with E-state index in [1.165, 1.54) is 0 Å². The Morgan fingerprint density at radius 3 is 2.64 bits per heavy atom. The smallest absolute Gasteiger partial charge is 0.222 e. The first-order valence-electron chi connectivity index (χ1n) is 5.37. The van der Waals surface area contributed by atoms with Crippen LogP contribution >= 0.6 is 12.6 Å². The second-order valence-electron chi connectivity index (χ2n) is 5.07. The maximum Gasteiger partial charge on any atom is 0.222 e. The minimum Gasteiger partial charge on any atom is -0.342 e. The number of nitrogens with zero attached hydrogens (tertiary/aromatic N) is 1. The molecule has 1 rings (SSSR count). The Bertz CT molecular complexity index is 215. The summed E-state index contributed by atoms with van der Waals surface area (Å²) in [5, 5.41) is 0.